The highest BCUT2D eigenvalue weighted by Crippen LogP contribution is 2.23. The van der Waals surface area contributed by atoms with Crippen molar-refractivity contribution in [2.45, 2.75) is 12.8 Å². The van der Waals surface area contributed by atoms with Crippen LogP contribution >= 0.6 is 0 Å². The summed E-state index contributed by atoms with van der Waals surface area (Å²) in [5.74, 6) is -0.762. The van der Waals surface area contributed by atoms with Gasteiger partial charge in [0.25, 0.3) is 5.91 Å². The Bertz CT molecular complexity index is 684. The summed E-state index contributed by atoms with van der Waals surface area (Å²) >= 11 is 0. The zero-order valence-electron chi connectivity index (χ0n) is 13.1. The predicted octanol–water partition coefficient (Wildman–Crippen LogP) is 1.03. The number of rotatable bonds is 4. The summed E-state index contributed by atoms with van der Waals surface area (Å²) in [6.07, 6.45) is 0.466. The average molecular weight is 319 g/mol. The summed E-state index contributed by atoms with van der Waals surface area (Å²) in [4.78, 5) is 35.5. The van der Waals surface area contributed by atoms with Gasteiger partial charge in [0, 0.05) is 19.9 Å². The topological polar surface area (TPSA) is 97.3 Å². The molecule has 1 heterocycles. The summed E-state index contributed by atoms with van der Waals surface area (Å²) in [5.41, 5.74) is 0.671. The quantitative estimate of drug-likeness (QED) is 0.836. The number of hydrogen-bond acceptors (Lipinski definition) is 6. The van der Waals surface area contributed by atoms with Crippen LogP contribution in [0.1, 0.15) is 23.2 Å². The first-order valence-electron chi connectivity index (χ1n) is 6.88. The summed E-state index contributed by atoms with van der Waals surface area (Å²) < 4.78 is 9.77. The Kier molecular flexibility index (Phi) is 4.95. The van der Waals surface area contributed by atoms with Crippen molar-refractivity contribution in [2.75, 3.05) is 26.6 Å². The summed E-state index contributed by atoms with van der Waals surface area (Å²) in [6, 6.07) is 4.63. The highest BCUT2D eigenvalue weighted by molar-refractivity contribution is 6.43. The molecule has 0 radical (unpaired) electrons. The van der Waals surface area contributed by atoms with Crippen molar-refractivity contribution in [1.82, 2.24) is 5.01 Å². The van der Waals surface area contributed by atoms with Crippen LogP contribution in [0.2, 0.25) is 0 Å². The lowest BCUT2D eigenvalue weighted by molar-refractivity contribution is -0.130. The minimum Gasteiger partial charge on any atom is -0.497 e. The van der Waals surface area contributed by atoms with Crippen molar-refractivity contribution in [3.63, 3.8) is 0 Å². The number of esters is 1. The number of methoxy groups -OCH3 is 2. The minimum atomic E-state index is -0.600. The van der Waals surface area contributed by atoms with E-state index in [9.17, 15) is 14.4 Å². The van der Waals surface area contributed by atoms with Crippen molar-refractivity contribution < 1.29 is 23.9 Å². The number of nitrogens with one attached hydrogen (secondary N) is 1. The van der Waals surface area contributed by atoms with Gasteiger partial charge in [0.15, 0.2) is 0 Å². The van der Waals surface area contributed by atoms with Crippen LogP contribution in [0.4, 0.5) is 5.69 Å². The molecule has 0 saturated heterocycles. The molecule has 0 bridgehead atoms. The van der Waals surface area contributed by atoms with E-state index in [1.54, 1.807) is 12.1 Å². The molecule has 1 N–H and O–H groups in total. The Morgan fingerprint density at radius 2 is 2.00 bits per heavy atom. The Morgan fingerprint density at radius 3 is 2.61 bits per heavy atom. The van der Waals surface area contributed by atoms with Gasteiger partial charge in [-0.15, -0.1) is 0 Å². The Balaban J connectivity index is 2.25. The highest BCUT2D eigenvalue weighted by Gasteiger charge is 2.23. The van der Waals surface area contributed by atoms with Crippen LogP contribution in [0, 0.1) is 0 Å². The lowest BCUT2D eigenvalue weighted by Gasteiger charge is -2.19. The molecule has 122 valence electrons. The monoisotopic (exact) mass is 319 g/mol. The summed E-state index contributed by atoms with van der Waals surface area (Å²) in [7, 11) is 4.21. The fourth-order valence-corrected chi connectivity index (χ4v) is 2.07. The zero-order chi connectivity index (χ0) is 17.0. The molecule has 0 spiro atoms. The standard InChI is InChI=1S/C15H17N3O5/c1-18-13(19)7-6-12(17-18)14(20)16-11-5-4-9(22-2)8-10(11)15(21)23-3/h4-5,8H,6-7H2,1-3H3,(H,16,20). The van der Waals surface area contributed by atoms with E-state index in [-0.39, 0.29) is 35.7 Å². The third kappa shape index (κ3) is 3.65. The second kappa shape index (κ2) is 6.91. The first-order valence-corrected chi connectivity index (χ1v) is 6.88. The van der Waals surface area contributed by atoms with Crippen LogP contribution in [0.5, 0.6) is 5.75 Å². The summed E-state index contributed by atoms with van der Waals surface area (Å²) in [5, 5.41) is 7.69. The van der Waals surface area contributed by atoms with Crippen molar-refractivity contribution in [3.05, 3.63) is 23.8 Å². The maximum Gasteiger partial charge on any atom is 0.340 e. The van der Waals surface area contributed by atoms with Crippen LogP contribution in [0.25, 0.3) is 0 Å². The number of hydrogen-bond donors (Lipinski definition) is 1. The predicted molar refractivity (Wildman–Crippen MR) is 82.4 cm³/mol. The van der Waals surface area contributed by atoms with Crippen LogP contribution in [0.15, 0.2) is 23.3 Å². The van der Waals surface area contributed by atoms with Gasteiger partial charge in [-0.25, -0.2) is 9.80 Å². The lowest BCUT2D eigenvalue weighted by Crippen LogP contribution is -2.34. The fourth-order valence-electron chi connectivity index (χ4n) is 2.07. The molecule has 2 rings (SSSR count). The Hall–Kier alpha value is -2.90. The molecule has 8 heteroatoms. The number of hydrazone groups is 1. The Morgan fingerprint density at radius 1 is 1.26 bits per heavy atom. The molecule has 8 nitrogen and oxygen atoms in total. The zero-order valence-corrected chi connectivity index (χ0v) is 13.1. The van der Waals surface area contributed by atoms with E-state index in [0.717, 1.165) is 5.01 Å². The van der Waals surface area contributed by atoms with Crippen molar-refractivity contribution >= 4 is 29.2 Å². The van der Waals surface area contributed by atoms with Crippen LogP contribution in [0.3, 0.4) is 0 Å². The molecular formula is C15H17N3O5. The Labute approximate surface area is 133 Å². The molecule has 1 aliphatic rings. The maximum absolute atomic E-state index is 12.3. The van der Waals surface area contributed by atoms with Gasteiger partial charge in [0.2, 0.25) is 5.91 Å². The second-order valence-electron chi connectivity index (χ2n) is 4.82. The van der Waals surface area contributed by atoms with E-state index in [2.05, 4.69) is 10.4 Å². The number of benzene rings is 1. The molecule has 0 aliphatic carbocycles. The maximum atomic E-state index is 12.3. The largest absolute Gasteiger partial charge is 0.497 e. The van der Waals surface area contributed by atoms with Crippen LogP contribution in [-0.4, -0.2) is 49.8 Å². The molecule has 1 aromatic carbocycles. The number of carbonyl (C=O) groups excluding carboxylic acids is 3. The number of amides is 2. The van der Waals surface area contributed by atoms with Gasteiger partial charge in [-0.05, 0) is 18.2 Å². The van der Waals surface area contributed by atoms with E-state index in [1.165, 1.54) is 27.3 Å². The second-order valence-corrected chi connectivity index (χ2v) is 4.82. The molecule has 1 aliphatic heterocycles. The van der Waals surface area contributed by atoms with Crippen molar-refractivity contribution in [3.8, 4) is 5.75 Å². The van der Waals surface area contributed by atoms with E-state index < -0.39 is 11.9 Å². The van der Waals surface area contributed by atoms with E-state index in [0.29, 0.717) is 5.75 Å². The smallest absolute Gasteiger partial charge is 0.340 e. The lowest BCUT2D eigenvalue weighted by atomic mass is 10.1. The van der Waals surface area contributed by atoms with Crippen molar-refractivity contribution in [1.29, 1.82) is 0 Å². The molecule has 0 unspecified atom stereocenters. The first-order chi connectivity index (χ1) is 11.0. The van der Waals surface area contributed by atoms with Crippen LogP contribution in [-0.2, 0) is 14.3 Å². The molecule has 23 heavy (non-hydrogen) atoms. The van der Waals surface area contributed by atoms with E-state index in [4.69, 9.17) is 9.47 Å². The molecule has 2 amide bonds. The van der Waals surface area contributed by atoms with Gasteiger partial charge < -0.3 is 14.8 Å². The van der Waals surface area contributed by atoms with Crippen molar-refractivity contribution in [2.24, 2.45) is 5.10 Å². The third-order valence-corrected chi connectivity index (χ3v) is 3.35. The van der Waals surface area contributed by atoms with Gasteiger partial charge in [-0.2, -0.15) is 5.10 Å². The number of ether oxygens (including phenoxy) is 2. The SMILES string of the molecule is COC(=O)c1cc(OC)ccc1NC(=O)C1=NN(C)C(=O)CC1. The molecule has 0 atom stereocenters. The van der Waals surface area contributed by atoms with E-state index in [1.807, 2.05) is 0 Å². The van der Waals surface area contributed by atoms with Gasteiger partial charge in [-0.1, -0.05) is 0 Å². The van der Waals surface area contributed by atoms with Gasteiger partial charge in [0.1, 0.15) is 11.5 Å². The van der Waals surface area contributed by atoms with Gasteiger partial charge in [-0.3, -0.25) is 9.59 Å². The number of anilines is 1. The van der Waals surface area contributed by atoms with Crippen LogP contribution < -0.4 is 10.1 Å². The normalized spacial score (nSPS) is 14.1. The minimum absolute atomic E-state index is 0.152. The van der Waals surface area contributed by atoms with Gasteiger partial charge >= 0.3 is 5.97 Å². The fraction of sp³-hybridized carbons (Fsp3) is 0.333. The number of carbonyl (C=O) groups is 3. The third-order valence-electron chi connectivity index (χ3n) is 3.35. The molecule has 0 fully saturated rings. The molecule has 0 saturated carbocycles. The van der Waals surface area contributed by atoms with E-state index >= 15 is 0 Å². The summed E-state index contributed by atoms with van der Waals surface area (Å²) in [6.45, 7) is 0. The average Bonchev–Trinajstić information content (AvgIpc) is 2.56. The molecule has 1 aromatic rings. The molecule has 0 aromatic heterocycles. The first kappa shape index (κ1) is 16.5. The number of nitrogens with zero attached hydrogens (tertiary/aromatic N) is 2. The van der Waals surface area contributed by atoms with Gasteiger partial charge in [0.05, 0.1) is 25.5 Å². The highest BCUT2D eigenvalue weighted by atomic mass is 16.5. The molecular weight excluding hydrogens is 302 g/mol.